The van der Waals surface area contributed by atoms with E-state index in [4.69, 9.17) is 0 Å². The van der Waals surface area contributed by atoms with Crippen LogP contribution in [-0.4, -0.2) is 0 Å². The number of nitrogens with zero attached hydrogens (tertiary/aromatic N) is 2. The van der Waals surface area contributed by atoms with Gasteiger partial charge in [-0.15, -0.1) is 0 Å². The molecule has 2 nitrogen and oxygen atoms in total. The van der Waals surface area contributed by atoms with Gasteiger partial charge in [-0.2, -0.15) is 0 Å². The van der Waals surface area contributed by atoms with E-state index < -0.39 is 5.41 Å². The molecule has 0 saturated carbocycles. The van der Waals surface area contributed by atoms with Crippen molar-refractivity contribution >= 4 is 34.1 Å². The fraction of sp³-hybridized carbons (Fsp3) is 0.0196. The predicted octanol–water partition coefficient (Wildman–Crippen LogP) is 13.0. The second-order valence-electron chi connectivity index (χ2n) is 13.2. The van der Waals surface area contributed by atoms with Gasteiger partial charge in [0.25, 0.3) is 0 Å². The maximum Gasteiger partial charge on any atom is 0.108 e. The van der Waals surface area contributed by atoms with E-state index in [1.807, 2.05) is 18.2 Å². The minimum absolute atomic E-state index is 0.626. The van der Waals surface area contributed by atoms with Crippen LogP contribution in [0.2, 0.25) is 0 Å². The average Bonchev–Trinajstić information content (AvgIpc) is 3.52. The zero-order valence-electron chi connectivity index (χ0n) is 29.2. The van der Waals surface area contributed by atoms with Crippen LogP contribution >= 0.6 is 0 Å². The molecule has 0 spiro atoms. The molecule has 0 radical (unpaired) electrons. The van der Waals surface area contributed by atoms with Crippen molar-refractivity contribution in [2.75, 3.05) is 9.80 Å². The summed E-state index contributed by atoms with van der Waals surface area (Å²) in [4.78, 5) is 4.64. The first kappa shape index (κ1) is 31.9. The molecule has 1 aliphatic rings. The van der Waals surface area contributed by atoms with Crippen LogP contribution in [0, 0.1) is 11.8 Å². The molecule has 0 aliphatic heterocycles. The van der Waals surface area contributed by atoms with Gasteiger partial charge < -0.3 is 9.80 Å². The molecule has 0 amide bonds. The maximum absolute atomic E-state index is 3.83. The lowest BCUT2D eigenvalue weighted by Crippen LogP contribution is -2.25. The number of anilines is 6. The third kappa shape index (κ3) is 5.85. The van der Waals surface area contributed by atoms with Gasteiger partial charge in [-0.1, -0.05) is 145 Å². The van der Waals surface area contributed by atoms with Crippen molar-refractivity contribution in [1.29, 1.82) is 0 Å². The van der Waals surface area contributed by atoms with Gasteiger partial charge in [0.15, 0.2) is 0 Å². The Labute approximate surface area is 311 Å². The lowest BCUT2D eigenvalue weighted by atomic mass is 9.73. The van der Waals surface area contributed by atoms with Crippen LogP contribution in [-0.2, 0) is 5.41 Å². The fourth-order valence-electron chi connectivity index (χ4n) is 7.68. The number of hydrogen-bond acceptors (Lipinski definition) is 2. The van der Waals surface area contributed by atoms with E-state index in [0.29, 0.717) is 0 Å². The van der Waals surface area contributed by atoms with Crippen molar-refractivity contribution in [3.05, 3.63) is 241 Å². The summed E-state index contributed by atoms with van der Waals surface area (Å²) in [5, 5.41) is 0. The van der Waals surface area contributed by atoms with Gasteiger partial charge in [-0.3, -0.25) is 0 Å². The van der Waals surface area contributed by atoms with Crippen molar-refractivity contribution in [1.82, 2.24) is 0 Å². The molecular formula is C51H36N2. The van der Waals surface area contributed by atoms with Gasteiger partial charge in [0.05, 0.1) is 0 Å². The first-order valence-electron chi connectivity index (χ1n) is 18.0. The Bertz CT molecular complexity index is 2500. The van der Waals surface area contributed by atoms with Crippen LogP contribution < -0.4 is 9.80 Å². The summed E-state index contributed by atoms with van der Waals surface area (Å²) in [5.74, 6) is 7.40. The van der Waals surface area contributed by atoms with Crippen LogP contribution in [0.3, 0.4) is 0 Å². The van der Waals surface area contributed by atoms with Gasteiger partial charge in [-0.05, 0) is 113 Å². The molecule has 0 aromatic heterocycles. The molecular weight excluding hydrogens is 641 g/mol. The predicted molar refractivity (Wildman–Crippen MR) is 221 cm³/mol. The van der Waals surface area contributed by atoms with Crippen molar-refractivity contribution in [3.8, 4) is 23.0 Å². The largest absolute Gasteiger partial charge is 0.311 e. The van der Waals surface area contributed by atoms with E-state index in [1.165, 1.54) is 27.8 Å². The standard InChI is InChI=1S/C51H36N2/c1-6-18-39(19-7-1)36-37-51(40-20-8-2-9-21-40)49-29-17-16-28-47(49)48-38-46(34-35-50(48)51)53(43-26-14-5-15-27-43)45-32-30-44(31-33-45)52(41-22-10-3-11-23-41)42-24-12-4-13-25-42/h1-35,38H. The Hall–Kier alpha value is -7.08. The number of para-hydroxylation sites is 3. The smallest absolute Gasteiger partial charge is 0.108 e. The molecule has 8 aromatic rings. The second kappa shape index (κ2) is 13.9. The second-order valence-corrected chi connectivity index (χ2v) is 13.2. The minimum Gasteiger partial charge on any atom is -0.311 e. The van der Waals surface area contributed by atoms with E-state index in [0.717, 1.165) is 39.7 Å². The summed E-state index contributed by atoms with van der Waals surface area (Å²) < 4.78 is 0. The normalized spacial score (nSPS) is 14.0. The SMILES string of the molecule is C(#CC1(c2ccccc2)c2ccccc2-c2cc(N(c3ccccc3)c3ccc(N(c4ccccc4)c4ccccc4)cc3)ccc21)c1ccccc1. The maximum atomic E-state index is 3.83. The quantitative estimate of drug-likeness (QED) is 0.155. The Morgan fingerprint density at radius 1 is 0.321 bits per heavy atom. The third-order valence-corrected chi connectivity index (χ3v) is 10.1. The highest BCUT2D eigenvalue weighted by Gasteiger charge is 2.44. The molecule has 1 aliphatic carbocycles. The average molecular weight is 677 g/mol. The first-order chi connectivity index (χ1) is 26.3. The summed E-state index contributed by atoms with van der Waals surface area (Å²) in [7, 11) is 0. The molecule has 0 N–H and O–H groups in total. The van der Waals surface area contributed by atoms with Gasteiger partial charge in [0, 0.05) is 39.7 Å². The summed E-state index contributed by atoms with van der Waals surface area (Å²) in [5.41, 5.74) is 12.9. The van der Waals surface area contributed by atoms with Crippen LogP contribution in [0.1, 0.15) is 22.3 Å². The summed E-state index contributed by atoms with van der Waals surface area (Å²) in [6, 6.07) is 77.3. The Kier molecular flexibility index (Phi) is 8.37. The molecule has 53 heavy (non-hydrogen) atoms. The van der Waals surface area contributed by atoms with Crippen molar-refractivity contribution in [3.63, 3.8) is 0 Å². The van der Waals surface area contributed by atoms with E-state index in [9.17, 15) is 0 Å². The molecule has 0 saturated heterocycles. The molecule has 0 fully saturated rings. The Morgan fingerprint density at radius 2 is 0.717 bits per heavy atom. The summed E-state index contributed by atoms with van der Waals surface area (Å²) >= 11 is 0. The van der Waals surface area contributed by atoms with E-state index in [2.05, 4.69) is 222 Å². The molecule has 8 aromatic carbocycles. The molecule has 1 atom stereocenters. The lowest BCUT2D eigenvalue weighted by Gasteiger charge is -2.29. The highest BCUT2D eigenvalue weighted by atomic mass is 15.2. The zero-order chi connectivity index (χ0) is 35.5. The Morgan fingerprint density at radius 3 is 1.26 bits per heavy atom. The number of rotatable bonds is 7. The topological polar surface area (TPSA) is 6.48 Å². The molecule has 9 rings (SSSR count). The molecule has 0 heterocycles. The highest BCUT2D eigenvalue weighted by Crippen LogP contribution is 2.54. The monoisotopic (exact) mass is 676 g/mol. The molecule has 2 heteroatoms. The van der Waals surface area contributed by atoms with Crippen LogP contribution in [0.4, 0.5) is 34.1 Å². The minimum atomic E-state index is -0.626. The summed E-state index contributed by atoms with van der Waals surface area (Å²) in [6.07, 6.45) is 0. The van der Waals surface area contributed by atoms with Gasteiger partial charge >= 0.3 is 0 Å². The number of fused-ring (bicyclic) bond motifs is 3. The van der Waals surface area contributed by atoms with Crippen molar-refractivity contribution in [2.45, 2.75) is 5.41 Å². The van der Waals surface area contributed by atoms with Crippen LogP contribution in [0.5, 0.6) is 0 Å². The Balaban J connectivity index is 1.19. The lowest BCUT2D eigenvalue weighted by molar-refractivity contribution is 0.837. The highest BCUT2D eigenvalue weighted by molar-refractivity contribution is 5.90. The van der Waals surface area contributed by atoms with Crippen LogP contribution in [0.25, 0.3) is 11.1 Å². The zero-order valence-corrected chi connectivity index (χ0v) is 29.2. The van der Waals surface area contributed by atoms with E-state index >= 15 is 0 Å². The van der Waals surface area contributed by atoms with Gasteiger partial charge in [0.2, 0.25) is 0 Å². The first-order valence-corrected chi connectivity index (χ1v) is 18.0. The molecule has 0 bridgehead atoms. The van der Waals surface area contributed by atoms with Gasteiger partial charge in [-0.25, -0.2) is 0 Å². The fourth-order valence-corrected chi connectivity index (χ4v) is 7.68. The van der Waals surface area contributed by atoms with Crippen molar-refractivity contribution in [2.24, 2.45) is 0 Å². The third-order valence-electron chi connectivity index (χ3n) is 10.1. The van der Waals surface area contributed by atoms with E-state index in [1.54, 1.807) is 0 Å². The molecule has 250 valence electrons. The van der Waals surface area contributed by atoms with Crippen LogP contribution in [0.15, 0.2) is 218 Å². The molecule has 1 unspecified atom stereocenters. The van der Waals surface area contributed by atoms with Crippen molar-refractivity contribution < 1.29 is 0 Å². The van der Waals surface area contributed by atoms with E-state index in [-0.39, 0.29) is 0 Å². The van der Waals surface area contributed by atoms with Gasteiger partial charge in [0.1, 0.15) is 5.41 Å². The number of benzene rings is 8. The summed E-state index contributed by atoms with van der Waals surface area (Å²) in [6.45, 7) is 0. The number of hydrogen-bond donors (Lipinski definition) is 0.